The van der Waals surface area contributed by atoms with E-state index in [9.17, 15) is 0 Å². The van der Waals surface area contributed by atoms with Gasteiger partial charge in [0.2, 0.25) is 0 Å². The second-order valence-electron chi connectivity index (χ2n) is 15.3. The van der Waals surface area contributed by atoms with Crippen LogP contribution >= 0.6 is 0 Å². The fourth-order valence-corrected chi connectivity index (χ4v) is 12.1. The monoisotopic (exact) mass is 582 g/mol. The van der Waals surface area contributed by atoms with Crippen LogP contribution in [0.3, 0.4) is 0 Å². The van der Waals surface area contributed by atoms with E-state index in [0.717, 1.165) is 23.6 Å². The molecule has 0 atom stereocenters. The number of ether oxygens (including phenoxy) is 2. The number of hydrogen-bond acceptors (Lipinski definition) is 2. The molecule has 0 bridgehead atoms. The summed E-state index contributed by atoms with van der Waals surface area (Å²) in [5.41, 5.74) is 10.2. The highest BCUT2D eigenvalue weighted by Crippen LogP contribution is 2.53. The molecule has 0 saturated carbocycles. The number of methoxy groups -OCH3 is 1. The van der Waals surface area contributed by atoms with Crippen LogP contribution in [0, 0.1) is 0 Å². The van der Waals surface area contributed by atoms with Gasteiger partial charge in [-0.25, -0.2) is 0 Å². The maximum Gasteiger partial charge on any atom is 0.123 e. The molecule has 1 aliphatic carbocycles. The predicted octanol–water partition coefficient (Wildman–Crippen LogP) is 10.2. The molecule has 3 aromatic rings. The second kappa shape index (κ2) is 11.4. The molecule has 3 aromatic carbocycles. The van der Waals surface area contributed by atoms with Crippen molar-refractivity contribution in [1.82, 2.24) is 0 Å². The highest BCUT2D eigenvalue weighted by molar-refractivity contribution is 6.94. The third-order valence-electron chi connectivity index (χ3n) is 9.55. The summed E-state index contributed by atoms with van der Waals surface area (Å²) in [5, 5.41) is 1.38. The summed E-state index contributed by atoms with van der Waals surface area (Å²) in [6.45, 7) is 30.0. The largest absolute Gasteiger partial charge is 0.497 e. The van der Waals surface area contributed by atoms with Crippen LogP contribution < -0.4 is 14.7 Å². The molecule has 0 amide bonds. The molecule has 0 unspecified atom stereocenters. The quantitative estimate of drug-likeness (QED) is 0.194. The molecular weight excluding hydrogens is 529 g/mol. The van der Waals surface area contributed by atoms with Gasteiger partial charge in [0.1, 0.15) is 26.2 Å². The molecule has 0 N–H and O–H groups in total. The lowest BCUT2D eigenvalue weighted by Gasteiger charge is -2.40. The average Bonchev–Trinajstić information content (AvgIpc) is 3.25. The summed E-state index contributed by atoms with van der Waals surface area (Å²) < 4.78 is 12.7. The van der Waals surface area contributed by atoms with Gasteiger partial charge < -0.3 is 9.47 Å². The van der Waals surface area contributed by atoms with Gasteiger partial charge >= 0.3 is 0 Å². The van der Waals surface area contributed by atoms with Crippen molar-refractivity contribution in [2.45, 2.75) is 110 Å². The molecular formula is C39H54O2Si. The minimum atomic E-state index is -2.31. The van der Waals surface area contributed by atoms with Crippen LogP contribution in [0.1, 0.15) is 110 Å². The molecule has 226 valence electrons. The molecule has 0 spiro atoms. The summed E-state index contributed by atoms with van der Waals surface area (Å²) >= 11 is 0. The van der Waals surface area contributed by atoms with Gasteiger partial charge in [-0.1, -0.05) is 137 Å². The maximum absolute atomic E-state index is 6.68. The van der Waals surface area contributed by atoms with Crippen molar-refractivity contribution < 1.29 is 9.47 Å². The molecule has 2 nitrogen and oxygen atoms in total. The Morgan fingerprint density at radius 1 is 0.738 bits per heavy atom. The van der Waals surface area contributed by atoms with E-state index in [1.807, 2.05) is 6.08 Å². The Bertz CT molecular complexity index is 1390. The molecule has 42 heavy (non-hydrogen) atoms. The molecule has 4 rings (SSSR count). The van der Waals surface area contributed by atoms with Crippen molar-refractivity contribution in [3.05, 3.63) is 89.0 Å². The lowest BCUT2D eigenvalue weighted by atomic mass is 9.83. The highest BCUT2D eigenvalue weighted by atomic mass is 28.3. The van der Waals surface area contributed by atoms with Crippen molar-refractivity contribution in [3.8, 4) is 22.6 Å². The summed E-state index contributed by atoms with van der Waals surface area (Å²) in [5.74, 6) is 1.97. The minimum absolute atomic E-state index is 0.0824. The first-order valence-corrected chi connectivity index (χ1v) is 18.3. The van der Waals surface area contributed by atoms with E-state index in [1.54, 1.807) is 7.11 Å². The van der Waals surface area contributed by atoms with Crippen LogP contribution in [0.15, 0.2) is 61.2 Å². The fourth-order valence-electron chi connectivity index (χ4n) is 6.92. The summed E-state index contributed by atoms with van der Waals surface area (Å²) in [4.78, 5) is 0. The van der Waals surface area contributed by atoms with Gasteiger partial charge in [0.05, 0.1) is 7.11 Å². The van der Waals surface area contributed by atoms with Crippen molar-refractivity contribution in [1.29, 1.82) is 0 Å². The Balaban J connectivity index is 2.12. The van der Waals surface area contributed by atoms with E-state index in [4.69, 9.17) is 9.47 Å². The number of hydrogen-bond donors (Lipinski definition) is 0. The Kier molecular flexibility index (Phi) is 8.70. The highest BCUT2D eigenvalue weighted by Gasteiger charge is 2.49. The van der Waals surface area contributed by atoms with Crippen LogP contribution in [0.4, 0.5) is 0 Å². The molecule has 0 aromatic heterocycles. The number of fused-ring (bicyclic) bond motifs is 3. The van der Waals surface area contributed by atoms with E-state index >= 15 is 0 Å². The minimum Gasteiger partial charge on any atom is -0.497 e. The average molecular weight is 583 g/mol. The molecule has 0 radical (unpaired) electrons. The Morgan fingerprint density at radius 2 is 1.24 bits per heavy atom. The van der Waals surface area contributed by atoms with Crippen molar-refractivity contribution >= 4 is 13.3 Å². The number of rotatable bonds is 8. The Hall–Kier alpha value is -2.78. The van der Waals surface area contributed by atoms with Gasteiger partial charge in [-0.05, 0) is 66.9 Å². The zero-order valence-corrected chi connectivity index (χ0v) is 29.4. The van der Waals surface area contributed by atoms with Gasteiger partial charge in [-0.2, -0.15) is 0 Å². The standard InChI is InChI=1S/C39H54O2Si/c1-14-21-41-35-33(39(10,11)12)24-28(40-13)25-34(35)42(15-2,16-3)36-29-19-17-26(37(4,5)6)22-31(29)32-23-27(38(7,8)9)18-20-30(32)36/h14,17-20,22-25,36H,1,15-16,21H2,2-13H3. The molecule has 0 aliphatic heterocycles. The predicted molar refractivity (Wildman–Crippen MR) is 185 cm³/mol. The lowest BCUT2D eigenvalue weighted by Crippen LogP contribution is -2.53. The molecule has 3 heteroatoms. The SMILES string of the molecule is C=CCOc1c(C(C)(C)C)cc(OC)cc1[Si](CC)(CC)C1c2ccc(C(C)(C)C)cc2-c2cc(C(C)(C)C)ccc21. The first-order valence-electron chi connectivity index (χ1n) is 15.8. The van der Waals surface area contributed by atoms with Crippen molar-refractivity contribution in [2.24, 2.45) is 0 Å². The Morgan fingerprint density at radius 3 is 1.62 bits per heavy atom. The number of benzene rings is 3. The first-order chi connectivity index (χ1) is 19.5. The van der Waals surface area contributed by atoms with E-state index in [1.165, 1.54) is 44.1 Å². The van der Waals surface area contributed by atoms with Gasteiger partial charge in [-0.15, -0.1) is 0 Å². The molecule has 0 fully saturated rings. The van der Waals surface area contributed by atoms with Gasteiger partial charge in [0, 0.05) is 11.1 Å². The van der Waals surface area contributed by atoms with Crippen molar-refractivity contribution in [3.63, 3.8) is 0 Å². The molecule has 0 heterocycles. The molecule has 1 aliphatic rings. The first kappa shape index (κ1) is 32.1. The third-order valence-corrected chi connectivity index (χ3v) is 15.2. The van der Waals surface area contributed by atoms with E-state index in [0.29, 0.717) is 12.1 Å². The normalized spacial score (nSPS) is 14.0. The zero-order valence-electron chi connectivity index (χ0n) is 28.4. The maximum atomic E-state index is 6.68. The van der Waals surface area contributed by atoms with Gasteiger partial charge in [-0.3, -0.25) is 0 Å². The second-order valence-corrected chi connectivity index (χ2v) is 20.1. The van der Waals surface area contributed by atoms with Crippen LogP contribution in [0.25, 0.3) is 11.1 Å². The third kappa shape index (κ3) is 5.62. The van der Waals surface area contributed by atoms with Crippen LogP contribution in [-0.4, -0.2) is 21.8 Å². The fraction of sp³-hybridized carbons (Fsp3) is 0.487. The Labute approximate surface area is 257 Å². The van der Waals surface area contributed by atoms with Crippen LogP contribution in [0.2, 0.25) is 12.1 Å². The summed E-state index contributed by atoms with van der Waals surface area (Å²) in [7, 11) is -0.516. The van der Waals surface area contributed by atoms with E-state index in [2.05, 4.69) is 131 Å². The summed E-state index contributed by atoms with van der Waals surface area (Å²) in [6.07, 6.45) is 1.86. The smallest absolute Gasteiger partial charge is 0.123 e. The van der Waals surface area contributed by atoms with E-state index in [-0.39, 0.29) is 16.2 Å². The lowest BCUT2D eigenvalue weighted by molar-refractivity contribution is 0.351. The van der Waals surface area contributed by atoms with Gasteiger partial charge in [0.25, 0.3) is 0 Å². The van der Waals surface area contributed by atoms with E-state index < -0.39 is 8.07 Å². The zero-order chi connectivity index (χ0) is 31.3. The van der Waals surface area contributed by atoms with Gasteiger partial charge in [0.15, 0.2) is 0 Å². The summed E-state index contributed by atoms with van der Waals surface area (Å²) in [6, 6.07) is 21.4. The molecule has 0 saturated heterocycles. The van der Waals surface area contributed by atoms with Crippen molar-refractivity contribution in [2.75, 3.05) is 13.7 Å². The van der Waals surface area contributed by atoms with Crippen LogP contribution in [-0.2, 0) is 16.2 Å². The van der Waals surface area contributed by atoms with Crippen LogP contribution in [0.5, 0.6) is 11.5 Å². The topological polar surface area (TPSA) is 18.5 Å².